The van der Waals surface area contributed by atoms with E-state index in [9.17, 15) is 28.7 Å². The summed E-state index contributed by atoms with van der Waals surface area (Å²) in [6.07, 6.45) is 0. The van der Waals surface area contributed by atoms with Gasteiger partial charge >= 0.3 is 97.8 Å². The van der Waals surface area contributed by atoms with Crippen LogP contribution in [0.4, 0.5) is 0 Å². The minimum atomic E-state index is -5.26. The SMILES string of the molecule is O=P([O-])([O-])SP(=O)([O-])[O-].[Ba+2].[Ba+2]. The fraction of sp³-hybridized carbons (Fsp3) is 0. The molecule has 0 saturated carbocycles. The molecule has 0 aliphatic carbocycles. The van der Waals surface area contributed by atoms with Crippen LogP contribution in [-0.2, 0) is 9.13 Å². The fourth-order valence-corrected chi connectivity index (χ4v) is 3.31. The normalized spacial score (nSPS) is 11.3. The Labute approximate surface area is 147 Å². The van der Waals surface area contributed by atoms with E-state index in [1.165, 1.54) is 0 Å². The van der Waals surface area contributed by atoms with Gasteiger partial charge in [-0.2, -0.15) is 0 Å². The molecule has 0 radical (unpaired) electrons. The molecule has 0 N–H and O–H groups in total. The quantitative estimate of drug-likeness (QED) is 0.308. The molecule has 11 heteroatoms. The second-order valence-corrected chi connectivity index (χ2v) is 7.57. The van der Waals surface area contributed by atoms with Gasteiger partial charge in [0.25, 0.3) is 0 Å². The third kappa shape index (κ3) is 20.0. The van der Waals surface area contributed by atoms with Crippen molar-refractivity contribution >= 4 is 122 Å². The number of hydrogen-bond donors (Lipinski definition) is 0. The summed E-state index contributed by atoms with van der Waals surface area (Å²) >= 11 is -1.10. The van der Waals surface area contributed by atoms with Crippen molar-refractivity contribution in [2.75, 3.05) is 0 Å². The van der Waals surface area contributed by atoms with E-state index in [0.717, 1.165) is 0 Å². The summed E-state index contributed by atoms with van der Waals surface area (Å²) in [5, 5.41) is 0. The first-order chi connectivity index (χ1) is 3.71. The number of hydrogen-bond acceptors (Lipinski definition) is 7. The Hall–Kier alpha value is 3.79. The summed E-state index contributed by atoms with van der Waals surface area (Å²) in [7, 11) is 0. The van der Waals surface area contributed by atoms with E-state index in [1.54, 1.807) is 0 Å². The van der Waals surface area contributed by atoms with Crippen molar-refractivity contribution in [1.29, 1.82) is 0 Å². The third-order valence-electron chi connectivity index (χ3n) is 0.200. The average molecular weight is 465 g/mol. The predicted octanol–water partition coefficient (Wildman–Crippen LogP) is -3.38. The van der Waals surface area contributed by atoms with Gasteiger partial charge in [-0.25, -0.2) is 0 Å². The summed E-state index contributed by atoms with van der Waals surface area (Å²) in [6.45, 7) is -10.5. The molecule has 0 aliphatic heterocycles. The van der Waals surface area contributed by atoms with Crippen molar-refractivity contribution in [2.45, 2.75) is 0 Å². The Morgan fingerprint density at radius 2 is 1.00 bits per heavy atom. The van der Waals surface area contributed by atoms with E-state index in [0.29, 0.717) is 0 Å². The zero-order valence-electron chi connectivity index (χ0n) is 5.17. The van der Waals surface area contributed by atoms with Gasteiger partial charge < -0.3 is 28.7 Å². The molecular formula is Ba2O6P2S. The molecule has 0 bridgehead atoms. The Kier molecular flexibility index (Phi) is 14.7. The van der Waals surface area contributed by atoms with Crippen LogP contribution in [0, 0.1) is 0 Å². The molecule has 0 spiro atoms. The summed E-state index contributed by atoms with van der Waals surface area (Å²) < 4.78 is 19.0. The van der Waals surface area contributed by atoms with Crippen LogP contribution in [-0.4, -0.2) is 97.8 Å². The van der Waals surface area contributed by atoms with Crippen LogP contribution in [0.15, 0.2) is 0 Å². The van der Waals surface area contributed by atoms with Crippen LogP contribution in [0.5, 0.6) is 0 Å². The molecule has 6 nitrogen and oxygen atoms in total. The Morgan fingerprint density at radius 3 is 1.00 bits per heavy atom. The zero-order chi connectivity index (χ0) is 7.71. The van der Waals surface area contributed by atoms with Gasteiger partial charge in [0, 0.05) is 0 Å². The van der Waals surface area contributed by atoms with Gasteiger partial charge in [-0.1, -0.05) is 11.0 Å². The first kappa shape index (κ1) is 20.2. The molecule has 11 heavy (non-hydrogen) atoms. The monoisotopic (exact) mass is 466 g/mol. The molecule has 0 atom stereocenters. The van der Waals surface area contributed by atoms with E-state index in [1.807, 2.05) is 0 Å². The molecular weight excluding hydrogens is 465 g/mol. The van der Waals surface area contributed by atoms with Crippen LogP contribution in [0.25, 0.3) is 0 Å². The topological polar surface area (TPSA) is 126 Å². The summed E-state index contributed by atoms with van der Waals surface area (Å²) in [5.41, 5.74) is 0. The Balaban J connectivity index is -0.000000320. The maximum Gasteiger partial charge on any atom is 2.00 e. The second kappa shape index (κ2) is 8.00. The molecule has 0 aromatic heterocycles. The van der Waals surface area contributed by atoms with Crippen molar-refractivity contribution in [3.63, 3.8) is 0 Å². The fourth-order valence-electron chi connectivity index (χ4n) is 0.122. The van der Waals surface area contributed by atoms with E-state index >= 15 is 0 Å². The Bertz CT molecular complexity index is 159. The van der Waals surface area contributed by atoms with Gasteiger partial charge in [-0.15, -0.1) is 0 Å². The number of rotatable bonds is 2. The van der Waals surface area contributed by atoms with Crippen molar-refractivity contribution in [3.05, 3.63) is 0 Å². The zero-order valence-corrected chi connectivity index (χ0v) is 16.7. The maximum absolute atomic E-state index is 9.51. The summed E-state index contributed by atoms with van der Waals surface area (Å²) in [6, 6.07) is 0. The first-order valence-electron chi connectivity index (χ1n) is 1.46. The summed E-state index contributed by atoms with van der Waals surface area (Å²) in [4.78, 5) is 38.0. The van der Waals surface area contributed by atoms with Gasteiger partial charge in [-0.05, 0) is 13.6 Å². The van der Waals surface area contributed by atoms with Crippen LogP contribution in [0.2, 0.25) is 0 Å². The minimum Gasteiger partial charge on any atom is -0.803 e. The second-order valence-electron chi connectivity index (χ2n) is 0.976. The molecule has 0 aromatic carbocycles. The van der Waals surface area contributed by atoms with Gasteiger partial charge in [0.15, 0.2) is 0 Å². The molecule has 56 valence electrons. The molecule has 0 saturated heterocycles. The first-order valence-corrected chi connectivity index (χ1v) is 6.57. The van der Waals surface area contributed by atoms with Gasteiger partial charge in [0.2, 0.25) is 0 Å². The van der Waals surface area contributed by atoms with Gasteiger partial charge in [0.1, 0.15) is 0 Å². The van der Waals surface area contributed by atoms with Crippen LogP contribution < -0.4 is 19.6 Å². The van der Waals surface area contributed by atoms with Crippen molar-refractivity contribution in [1.82, 2.24) is 0 Å². The van der Waals surface area contributed by atoms with Gasteiger partial charge in [-0.3, -0.25) is 0 Å². The Morgan fingerprint density at radius 1 is 0.818 bits per heavy atom. The maximum atomic E-state index is 9.51. The van der Waals surface area contributed by atoms with E-state index in [4.69, 9.17) is 0 Å². The molecule has 0 aliphatic rings. The molecule has 0 amide bonds. The van der Waals surface area contributed by atoms with Crippen LogP contribution in [0.1, 0.15) is 0 Å². The third-order valence-corrected chi connectivity index (χ3v) is 5.40. The predicted molar refractivity (Wildman–Crippen MR) is 34.3 cm³/mol. The smallest absolute Gasteiger partial charge is 0.803 e. The standard InChI is InChI=1S/2Ba.H4O6P2S/c;;1-7(2,3)9-8(4,5)6/h;;(H2,1,2,3)(H2,4,5,6)/q2*+2;/p-4. The van der Waals surface area contributed by atoms with E-state index in [-0.39, 0.29) is 97.8 Å². The van der Waals surface area contributed by atoms with Crippen LogP contribution in [0.3, 0.4) is 0 Å². The van der Waals surface area contributed by atoms with Crippen LogP contribution >= 0.6 is 24.6 Å². The molecule has 0 unspecified atom stereocenters. The molecule has 0 heterocycles. The largest absolute Gasteiger partial charge is 2.00 e. The summed E-state index contributed by atoms with van der Waals surface area (Å²) in [5.74, 6) is 0. The van der Waals surface area contributed by atoms with Crippen molar-refractivity contribution < 1.29 is 28.7 Å². The molecule has 0 fully saturated rings. The van der Waals surface area contributed by atoms with Crippen molar-refractivity contribution in [2.24, 2.45) is 0 Å². The van der Waals surface area contributed by atoms with E-state index < -0.39 is 24.6 Å². The minimum absolute atomic E-state index is 0. The van der Waals surface area contributed by atoms with Gasteiger partial charge in [0.05, 0.1) is 0 Å². The molecule has 0 aromatic rings. The van der Waals surface area contributed by atoms with E-state index in [2.05, 4.69) is 0 Å². The molecule has 0 rings (SSSR count). The van der Waals surface area contributed by atoms with Crippen molar-refractivity contribution in [3.8, 4) is 0 Å². The average Bonchev–Trinajstić information content (AvgIpc) is 1.14.